The highest BCUT2D eigenvalue weighted by molar-refractivity contribution is 7.89. The highest BCUT2D eigenvalue weighted by atomic mass is 32.2. The van der Waals surface area contributed by atoms with Crippen molar-refractivity contribution >= 4 is 38.2 Å². The number of carbonyl (C=O) groups excluding carboxylic acids is 1. The summed E-state index contributed by atoms with van der Waals surface area (Å²) in [5, 5.41) is 2.72. The molecule has 1 unspecified atom stereocenters. The Kier molecular flexibility index (Phi) is 7.95. The first-order valence-corrected chi connectivity index (χ1v) is 13.9. The number of amides is 1. The number of carbonyl (C=O) groups is 1. The lowest BCUT2D eigenvalue weighted by atomic mass is 10.2. The molecular formula is C27H29N3O3S2. The van der Waals surface area contributed by atoms with E-state index in [1.807, 2.05) is 73.8 Å². The van der Waals surface area contributed by atoms with Gasteiger partial charge >= 0.3 is 0 Å². The van der Waals surface area contributed by atoms with Gasteiger partial charge in [0, 0.05) is 29.0 Å². The van der Waals surface area contributed by atoms with Gasteiger partial charge in [-0.1, -0.05) is 61.5 Å². The van der Waals surface area contributed by atoms with Gasteiger partial charge in [-0.2, -0.15) is 4.31 Å². The van der Waals surface area contributed by atoms with E-state index in [0.29, 0.717) is 25.0 Å². The molecule has 1 amide bonds. The second kappa shape index (κ2) is 11.1. The van der Waals surface area contributed by atoms with Crippen LogP contribution in [0.25, 0.3) is 10.9 Å². The van der Waals surface area contributed by atoms with E-state index in [4.69, 9.17) is 0 Å². The van der Waals surface area contributed by atoms with Crippen molar-refractivity contribution in [2.24, 2.45) is 0 Å². The third-order valence-corrected chi connectivity index (χ3v) is 8.90. The van der Waals surface area contributed by atoms with Crippen LogP contribution in [0.3, 0.4) is 0 Å². The van der Waals surface area contributed by atoms with Gasteiger partial charge in [-0.25, -0.2) is 8.42 Å². The van der Waals surface area contributed by atoms with Crippen LogP contribution in [0.4, 0.5) is 0 Å². The molecule has 182 valence electrons. The molecular weight excluding hydrogens is 478 g/mol. The van der Waals surface area contributed by atoms with Crippen LogP contribution in [-0.4, -0.2) is 41.1 Å². The predicted molar refractivity (Wildman–Crippen MR) is 140 cm³/mol. The van der Waals surface area contributed by atoms with Gasteiger partial charge in [0.25, 0.3) is 0 Å². The van der Waals surface area contributed by atoms with Crippen LogP contribution in [0.2, 0.25) is 0 Å². The number of sulfonamides is 1. The fourth-order valence-corrected chi connectivity index (χ4v) is 6.49. The third-order valence-electron chi connectivity index (χ3n) is 6.05. The number of aromatic nitrogens is 1. The van der Waals surface area contributed by atoms with Crippen LogP contribution in [-0.2, 0) is 27.9 Å². The van der Waals surface area contributed by atoms with E-state index in [2.05, 4.69) is 4.98 Å². The molecule has 0 fully saturated rings. The minimum absolute atomic E-state index is 0.122. The molecule has 0 aliphatic rings. The van der Waals surface area contributed by atoms with E-state index in [0.717, 1.165) is 15.8 Å². The SMILES string of the molecule is CCC(C)N(CC(=O)N(Cc1ccccc1)Cc1cccs1)S(=O)(=O)c1cccc2cccnc12. The highest BCUT2D eigenvalue weighted by Gasteiger charge is 2.33. The molecule has 35 heavy (non-hydrogen) atoms. The highest BCUT2D eigenvalue weighted by Crippen LogP contribution is 2.26. The number of para-hydroxylation sites is 1. The maximum atomic E-state index is 13.9. The summed E-state index contributed by atoms with van der Waals surface area (Å²) in [6, 6.07) is 22.1. The summed E-state index contributed by atoms with van der Waals surface area (Å²) in [6.07, 6.45) is 2.16. The van der Waals surface area contributed by atoms with Crippen LogP contribution in [0.5, 0.6) is 0 Å². The molecule has 2 heterocycles. The Morgan fingerprint density at radius 3 is 2.46 bits per heavy atom. The van der Waals surface area contributed by atoms with E-state index < -0.39 is 10.0 Å². The van der Waals surface area contributed by atoms with E-state index in [9.17, 15) is 13.2 Å². The number of pyridine rings is 1. The zero-order chi connectivity index (χ0) is 24.8. The van der Waals surface area contributed by atoms with E-state index >= 15 is 0 Å². The molecule has 0 saturated carbocycles. The molecule has 0 spiro atoms. The van der Waals surface area contributed by atoms with Gasteiger partial charge in [0.05, 0.1) is 18.6 Å². The summed E-state index contributed by atoms with van der Waals surface area (Å²) < 4.78 is 29.1. The second-order valence-corrected chi connectivity index (χ2v) is 11.3. The third kappa shape index (κ3) is 5.78. The Morgan fingerprint density at radius 1 is 0.971 bits per heavy atom. The monoisotopic (exact) mass is 507 g/mol. The van der Waals surface area contributed by atoms with Crippen molar-refractivity contribution in [1.29, 1.82) is 0 Å². The number of fused-ring (bicyclic) bond motifs is 1. The quantitative estimate of drug-likeness (QED) is 0.292. The predicted octanol–water partition coefficient (Wildman–Crippen LogP) is 5.31. The van der Waals surface area contributed by atoms with Gasteiger partial charge in [-0.05, 0) is 42.5 Å². The number of hydrogen-bond acceptors (Lipinski definition) is 5. The maximum Gasteiger partial charge on any atom is 0.245 e. The molecule has 0 N–H and O–H groups in total. The molecule has 4 aromatic rings. The van der Waals surface area contributed by atoms with Gasteiger partial charge in [0.1, 0.15) is 4.90 Å². The Bertz CT molecular complexity index is 1370. The zero-order valence-electron chi connectivity index (χ0n) is 19.9. The first-order valence-electron chi connectivity index (χ1n) is 11.6. The lowest BCUT2D eigenvalue weighted by Gasteiger charge is -2.30. The van der Waals surface area contributed by atoms with Crippen LogP contribution in [0, 0.1) is 0 Å². The van der Waals surface area contributed by atoms with Crippen LogP contribution in [0.15, 0.2) is 89.3 Å². The Hall–Kier alpha value is -3.07. The molecule has 0 aliphatic heterocycles. The number of nitrogens with zero attached hydrogens (tertiary/aromatic N) is 3. The fraction of sp³-hybridized carbons (Fsp3) is 0.259. The summed E-state index contributed by atoms with van der Waals surface area (Å²) in [5.74, 6) is -0.237. The molecule has 0 radical (unpaired) electrons. The van der Waals surface area contributed by atoms with Crippen LogP contribution in [0.1, 0.15) is 30.7 Å². The molecule has 2 aromatic carbocycles. The van der Waals surface area contributed by atoms with Gasteiger partial charge in [-0.3, -0.25) is 9.78 Å². The van der Waals surface area contributed by atoms with Crippen molar-refractivity contribution in [2.45, 2.75) is 44.3 Å². The van der Waals surface area contributed by atoms with Crippen molar-refractivity contribution in [1.82, 2.24) is 14.2 Å². The van der Waals surface area contributed by atoms with Crippen molar-refractivity contribution < 1.29 is 13.2 Å². The first-order chi connectivity index (χ1) is 16.9. The topological polar surface area (TPSA) is 70.6 Å². The zero-order valence-corrected chi connectivity index (χ0v) is 21.5. The minimum atomic E-state index is -3.98. The van der Waals surface area contributed by atoms with E-state index in [1.54, 1.807) is 40.6 Å². The van der Waals surface area contributed by atoms with Gasteiger partial charge in [0.2, 0.25) is 15.9 Å². The Morgan fingerprint density at radius 2 is 1.74 bits per heavy atom. The molecule has 0 saturated heterocycles. The summed E-state index contributed by atoms with van der Waals surface area (Å²) in [5.41, 5.74) is 1.41. The second-order valence-electron chi connectivity index (χ2n) is 8.45. The van der Waals surface area contributed by atoms with Crippen molar-refractivity contribution in [3.63, 3.8) is 0 Å². The van der Waals surface area contributed by atoms with Crippen LogP contribution < -0.4 is 0 Å². The number of thiophene rings is 1. The molecule has 0 bridgehead atoms. The summed E-state index contributed by atoms with van der Waals surface area (Å²) in [6.45, 7) is 4.35. The lowest BCUT2D eigenvalue weighted by Crippen LogP contribution is -2.46. The molecule has 4 rings (SSSR count). The normalized spacial score (nSPS) is 12.7. The standard InChI is InChI=1S/C27H29N3O3S2/c1-3-21(2)30(35(32,33)25-15-7-12-23-13-8-16-28-27(23)25)20-26(31)29(19-24-14-9-17-34-24)18-22-10-5-4-6-11-22/h4-17,21H,3,18-20H2,1-2H3. The average molecular weight is 508 g/mol. The number of rotatable bonds is 10. The summed E-state index contributed by atoms with van der Waals surface area (Å²) >= 11 is 1.58. The largest absolute Gasteiger partial charge is 0.332 e. The maximum absolute atomic E-state index is 13.9. The first kappa shape index (κ1) is 25.0. The van der Waals surface area contributed by atoms with E-state index in [-0.39, 0.29) is 23.4 Å². The van der Waals surface area contributed by atoms with Crippen molar-refractivity contribution in [2.75, 3.05) is 6.54 Å². The molecule has 8 heteroatoms. The molecule has 1 atom stereocenters. The summed E-state index contributed by atoms with van der Waals surface area (Å²) in [7, 11) is -3.98. The number of benzene rings is 2. The van der Waals surface area contributed by atoms with Crippen molar-refractivity contribution in [3.05, 3.63) is 94.8 Å². The van der Waals surface area contributed by atoms with Crippen molar-refractivity contribution in [3.8, 4) is 0 Å². The van der Waals surface area contributed by atoms with Crippen LogP contribution >= 0.6 is 11.3 Å². The molecule has 6 nitrogen and oxygen atoms in total. The van der Waals surface area contributed by atoms with Gasteiger partial charge in [-0.15, -0.1) is 11.3 Å². The van der Waals surface area contributed by atoms with Gasteiger partial charge in [0.15, 0.2) is 0 Å². The number of hydrogen-bond donors (Lipinski definition) is 0. The molecule has 0 aliphatic carbocycles. The fourth-order valence-electron chi connectivity index (χ4n) is 3.95. The van der Waals surface area contributed by atoms with Gasteiger partial charge < -0.3 is 4.90 Å². The Balaban J connectivity index is 1.67. The lowest BCUT2D eigenvalue weighted by molar-refractivity contribution is -0.133. The molecule has 2 aromatic heterocycles. The minimum Gasteiger partial charge on any atom is -0.332 e. The summed E-state index contributed by atoms with van der Waals surface area (Å²) in [4.78, 5) is 20.9. The van der Waals surface area contributed by atoms with E-state index in [1.165, 1.54) is 4.31 Å². The smallest absolute Gasteiger partial charge is 0.245 e. The average Bonchev–Trinajstić information content (AvgIpc) is 3.39. The Labute approximate surface area is 210 Å².